The molecule has 1 aromatic heterocycles. The van der Waals surface area contributed by atoms with Crippen LogP contribution in [0.15, 0.2) is 16.7 Å². The zero-order valence-corrected chi connectivity index (χ0v) is 10.7. The minimum atomic E-state index is 0.295. The van der Waals surface area contributed by atoms with Crippen molar-refractivity contribution in [2.75, 3.05) is 11.2 Å². The maximum atomic E-state index is 5.80. The molecule has 1 rings (SSSR count). The molecule has 0 radical (unpaired) electrons. The molecule has 1 aromatic rings. The summed E-state index contributed by atoms with van der Waals surface area (Å²) in [7, 11) is 0. The van der Waals surface area contributed by atoms with Gasteiger partial charge in [-0.05, 0) is 40.9 Å². The van der Waals surface area contributed by atoms with Crippen molar-refractivity contribution in [1.82, 2.24) is 4.98 Å². The second-order valence-electron chi connectivity index (χ2n) is 3.22. The van der Waals surface area contributed by atoms with E-state index < -0.39 is 0 Å². The third-order valence-corrected chi connectivity index (χ3v) is 2.87. The van der Waals surface area contributed by atoms with Crippen molar-refractivity contribution in [3.63, 3.8) is 0 Å². The van der Waals surface area contributed by atoms with Gasteiger partial charge in [0.15, 0.2) is 0 Å². The van der Waals surface area contributed by atoms with Gasteiger partial charge in [0, 0.05) is 22.6 Å². The van der Waals surface area contributed by atoms with E-state index in [4.69, 9.17) is 11.6 Å². The van der Waals surface area contributed by atoms with E-state index in [1.54, 1.807) is 6.20 Å². The summed E-state index contributed by atoms with van der Waals surface area (Å²) in [6, 6.07) is 2.33. The Bertz CT molecular complexity index is 300. The number of hydrogen-bond acceptors (Lipinski definition) is 2. The van der Waals surface area contributed by atoms with Crippen molar-refractivity contribution in [2.24, 2.45) is 0 Å². The largest absolute Gasteiger partial charge is 0.366 e. The summed E-state index contributed by atoms with van der Waals surface area (Å²) in [5, 5.41) is 3.31. The Kier molecular flexibility index (Phi) is 4.69. The van der Waals surface area contributed by atoms with E-state index in [-0.39, 0.29) is 0 Å². The maximum Gasteiger partial charge on any atom is 0.129 e. The van der Waals surface area contributed by atoms with E-state index in [9.17, 15) is 0 Å². The summed E-state index contributed by atoms with van der Waals surface area (Å²) in [5.74, 6) is 1.52. The van der Waals surface area contributed by atoms with Gasteiger partial charge in [-0.1, -0.05) is 6.92 Å². The highest BCUT2D eigenvalue weighted by Crippen LogP contribution is 2.18. The van der Waals surface area contributed by atoms with Gasteiger partial charge < -0.3 is 5.32 Å². The summed E-state index contributed by atoms with van der Waals surface area (Å²) in [6.07, 6.45) is 2.79. The first-order chi connectivity index (χ1) is 6.67. The zero-order valence-electron chi connectivity index (χ0n) is 8.35. The van der Waals surface area contributed by atoms with Crippen LogP contribution in [-0.2, 0) is 0 Å². The lowest BCUT2D eigenvalue weighted by molar-refractivity contribution is 0.764. The molecular formula is C10H14BrClN2. The average Bonchev–Trinajstić information content (AvgIpc) is 2.17. The molecule has 1 atom stereocenters. The highest BCUT2D eigenvalue weighted by molar-refractivity contribution is 9.10. The van der Waals surface area contributed by atoms with E-state index >= 15 is 0 Å². The minimum Gasteiger partial charge on any atom is -0.366 e. The molecule has 0 aliphatic heterocycles. The van der Waals surface area contributed by atoms with Crippen molar-refractivity contribution in [3.8, 4) is 0 Å². The lowest BCUT2D eigenvalue weighted by atomic mass is 10.2. The van der Waals surface area contributed by atoms with Gasteiger partial charge in [-0.25, -0.2) is 4.98 Å². The molecule has 0 saturated heterocycles. The second-order valence-corrected chi connectivity index (χ2v) is 4.45. The minimum absolute atomic E-state index is 0.295. The van der Waals surface area contributed by atoms with Crippen LogP contribution < -0.4 is 5.32 Å². The average molecular weight is 278 g/mol. The van der Waals surface area contributed by atoms with E-state index in [0.29, 0.717) is 11.9 Å². The Morgan fingerprint density at radius 2 is 2.36 bits per heavy atom. The van der Waals surface area contributed by atoms with Crippen LogP contribution in [0, 0.1) is 6.92 Å². The number of alkyl halides is 1. The summed E-state index contributed by atoms with van der Waals surface area (Å²) in [5.41, 5.74) is 1.13. The number of anilines is 1. The SMILES string of the molecule is CCC(CCl)Nc1ncc(Br)cc1C. The fourth-order valence-electron chi connectivity index (χ4n) is 1.13. The number of aryl methyl sites for hydroxylation is 1. The molecule has 2 nitrogen and oxygen atoms in total. The van der Waals surface area contributed by atoms with Crippen LogP contribution in [0.3, 0.4) is 0 Å². The third kappa shape index (κ3) is 3.14. The number of halogens is 2. The molecule has 0 aromatic carbocycles. The highest BCUT2D eigenvalue weighted by Gasteiger charge is 2.07. The Morgan fingerprint density at radius 1 is 1.64 bits per heavy atom. The van der Waals surface area contributed by atoms with Gasteiger partial charge in [0.05, 0.1) is 0 Å². The lowest BCUT2D eigenvalue weighted by Gasteiger charge is -2.15. The first kappa shape index (κ1) is 11.8. The molecule has 1 heterocycles. The van der Waals surface area contributed by atoms with Crippen molar-refractivity contribution in [2.45, 2.75) is 26.3 Å². The lowest BCUT2D eigenvalue weighted by Crippen LogP contribution is -2.21. The highest BCUT2D eigenvalue weighted by atomic mass is 79.9. The van der Waals surface area contributed by atoms with Gasteiger partial charge in [-0.15, -0.1) is 11.6 Å². The molecule has 0 bridgehead atoms. The standard InChI is InChI=1S/C10H14BrClN2/c1-3-9(5-12)14-10-7(2)4-8(11)6-13-10/h4,6,9H,3,5H2,1-2H3,(H,13,14). The van der Waals surface area contributed by atoms with E-state index in [1.807, 2.05) is 13.0 Å². The molecule has 14 heavy (non-hydrogen) atoms. The molecule has 78 valence electrons. The topological polar surface area (TPSA) is 24.9 Å². The maximum absolute atomic E-state index is 5.80. The molecule has 4 heteroatoms. The second kappa shape index (κ2) is 5.56. The number of rotatable bonds is 4. The van der Waals surface area contributed by atoms with Crippen molar-refractivity contribution < 1.29 is 0 Å². The summed E-state index contributed by atoms with van der Waals surface area (Å²) < 4.78 is 1.000. The van der Waals surface area contributed by atoms with Crippen molar-refractivity contribution in [1.29, 1.82) is 0 Å². The van der Waals surface area contributed by atoms with Gasteiger partial charge in [-0.3, -0.25) is 0 Å². The number of nitrogens with zero attached hydrogens (tertiary/aromatic N) is 1. The molecule has 0 spiro atoms. The van der Waals surface area contributed by atoms with Crippen LogP contribution >= 0.6 is 27.5 Å². The summed E-state index contributed by atoms with van der Waals surface area (Å²) in [6.45, 7) is 4.13. The van der Waals surface area contributed by atoms with Gasteiger partial charge in [0.1, 0.15) is 5.82 Å². The third-order valence-electron chi connectivity index (χ3n) is 2.06. The van der Waals surface area contributed by atoms with Gasteiger partial charge in [0.2, 0.25) is 0 Å². The van der Waals surface area contributed by atoms with Crippen LogP contribution in [0.4, 0.5) is 5.82 Å². The van der Waals surface area contributed by atoms with E-state index in [2.05, 4.69) is 33.2 Å². The fraction of sp³-hybridized carbons (Fsp3) is 0.500. The first-order valence-electron chi connectivity index (χ1n) is 4.62. The van der Waals surface area contributed by atoms with E-state index in [1.165, 1.54) is 0 Å². The van der Waals surface area contributed by atoms with Crippen LogP contribution in [0.1, 0.15) is 18.9 Å². The molecule has 0 aliphatic carbocycles. The Morgan fingerprint density at radius 3 is 2.86 bits per heavy atom. The number of hydrogen-bond donors (Lipinski definition) is 1. The summed E-state index contributed by atoms with van der Waals surface area (Å²) in [4.78, 5) is 4.30. The number of pyridine rings is 1. The van der Waals surface area contributed by atoms with E-state index in [0.717, 1.165) is 22.3 Å². The van der Waals surface area contributed by atoms with Crippen LogP contribution in [0.25, 0.3) is 0 Å². The Hall–Kier alpha value is -0.280. The Labute approximate surface area is 98.2 Å². The smallest absolute Gasteiger partial charge is 0.129 e. The van der Waals surface area contributed by atoms with Crippen LogP contribution in [0.5, 0.6) is 0 Å². The molecular weight excluding hydrogens is 263 g/mol. The molecule has 0 fully saturated rings. The van der Waals surface area contributed by atoms with Crippen LogP contribution in [-0.4, -0.2) is 16.9 Å². The van der Waals surface area contributed by atoms with Crippen molar-refractivity contribution >= 4 is 33.3 Å². The molecule has 1 unspecified atom stereocenters. The normalized spacial score (nSPS) is 12.6. The summed E-state index contributed by atoms with van der Waals surface area (Å²) >= 11 is 9.18. The monoisotopic (exact) mass is 276 g/mol. The predicted molar refractivity (Wildman–Crippen MR) is 65.1 cm³/mol. The molecule has 1 N–H and O–H groups in total. The van der Waals surface area contributed by atoms with Gasteiger partial charge in [0.25, 0.3) is 0 Å². The number of nitrogens with one attached hydrogen (secondary N) is 1. The Balaban J connectivity index is 2.76. The fourth-order valence-corrected chi connectivity index (χ4v) is 1.88. The predicted octanol–water partition coefficient (Wildman–Crippen LogP) is 3.58. The quantitative estimate of drug-likeness (QED) is 0.851. The van der Waals surface area contributed by atoms with Crippen LogP contribution in [0.2, 0.25) is 0 Å². The zero-order chi connectivity index (χ0) is 10.6. The molecule has 0 aliphatic rings. The van der Waals surface area contributed by atoms with Gasteiger partial charge in [-0.2, -0.15) is 0 Å². The van der Waals surface area contributed by atoms with Gasteiger partial charge >= 0.3 is 0 Å². The molecule has 0 saturated carbocycles. The first-order valence-corrected chi connectivity index (χ1v) is 5.94. The van der Waals surface area contributed by atoms with Crippen molar-refractivity contribution in [3.05, 3.63) is 22.3 Å². The molecule has 0 amide bonds. The number of aromatic nitrogens is 1.